The summed E-state index contributed by atoms with van der Waals surface area (Å²) in [5, 5.41) is 0. The molecule has 3 nitrogen and oxygen atoms in total. The molecule has 27 heavy (non-hydrogen) atoms. The molecule has 0 saturated carbocycles. The Morgan fingerprint density at radius 3 is 2.41 bits per heavy atom. The maximum Gasteiger partial charge on any atom is 0.416 e. The lowest BCUT2D eigenvalue weighted by molar-refractivity contribution is -0.137. The molecular weight excluding hydrogens is 373 g/mol. The third-order valence-electron chi connectivity index (χ3n) is 4.95. The van der Waals surface area contributed by atoms with Gasteiger partial charge in [-0.25, -0.2) is 0 Å². The maximum atomic E-state index is 13.0. The summed E-state index contributed by atoms with van der Waals surface area (Å²) in [6.45, 7) is 3.90. The van der Waals surface area contributed by atoms with Crippen LogP contribution in [0.3, 0.4) is 0 Å². The second-order valence-electron chi connectivity index (χ2n) is 6.92. The smallest absolute Gasteiger partial charge is 0.337 e. The van der Waals surface area contributed by atoms with Gasteiger partial charge in [0.05, 0.1) is 15.8 Å². The molecule has 3 heterocycles. The van der Waals surface area contributed by atoms with E-state index in [2.05, 4.69) is 0 Å². The van der Waals surface area contributed by atoms with Crippen LogP contribution in [0.25, 0.3) is 10.2 Å². The fourth-order valence-electron chi connectivity index (χ4n) is 3.58. The summed E-state index contributed by atoms with van der Waals surface area (Å²) in [6, 6.07) is 9.10. The summed E-state index contributed by atoms with van der Waals surface area (Å²) in [6.07, 6.45) is -2.32. The molecular formula is C20H19F3N2OS. The Kier molecular flexibility index (Phi) is 4.50. The van der Waals surface area contributed by atoms with Gasteiger partial charge in [-0.15, -0.1) is 11.3 Å². The molecule has 0 radical (unpaired) electrons. The van der Waals surface area contributed by atoms with Crippen molar-refractivity contribution in [1.82, 2.24) is 9.47 Å². The van der Waals surface area contributed by atoms with E-state index in [0.29, 0.717) is 12.2 Å². The molecule has 1 aliphatic heterocycles. The number of likely N-dealkylation sites (tertiary alicyclic amines) is 1. The van der Waals surface area contributed by atoms with E-state index < -0.39 is 11.7 Å². The fraction of sp³-hybridized carbons (Fsp3) is 0.350. The van der Waals surface area contributed by atoms with Gasteiger partial charge in [-0.3, -0.25) is 4.79 Å². The molecule has 1 amide bonds. The van der Waals surface area contributed by atoms with Gasteiger partial charge in [-0.2, -0.15) is 13.2 Å². The van der Waals surface area contributed by atoms with Crippen molar-refractivity contribution >= 4 is 27.5 Å². The van der Waals surface area contributed by atoms with Gasteiger partial charge in [0.25, 0.3) is 5.91 Å². The van der Waals surface area contributed by atoms with Crippen molar-refractivity contribution in [2.24, 2.45) is 0 Å². The number of carbonyl (C=O) groups is 1. The number of fused-ring (bicyclic) bond motifs is 1. The normalized spacial score (nSPS) is 15.0. The predicted octanol–water partition coefficient (Wildman–Crippen LogP) is 5.31. The number of aromatic nitrogens is 1. The standard InChI is InChI=1S/C20H19F3N2OS/c1-13-10-16-18(27-13)11-17(19(26)24-8-2-3-9-24)25(16)12-14-4-6-15(7-5-14)20(21,22)23/h4-7,10-11H,2-3,8-9,12H2,1H3. The lowest BCUT2D eigenvalue weighted by atomic mass is 10.1. The molecule has 1 aromatic carbocycles. The highest BCUT2D eigenvalue weighted by molar-refractivity contribution is 7.19. The van der Waals surface area contributed by atoms with Crippen molar-refractivity contribution in [2.75, 3.05) is 13.1 Å². The van der Waals surface area contributed by atoms with E-state index in [9.17, 15) is 18.0 Å². The van der Waals surface area contributed by atoms with Gasteiger partial charge < -0.3 is 9.47 Å². The summed E-state index contributed by atoms with van der Waals surface area (Å²) in [5.41, 5.74) is 1.64. The van der Waals surface area contributed by atoms with Crippen LogP contribution in [0.5, 0.6) is 0 Å². The number of aryl methyl sites for hydroxylation is 1. The summed E-state index contributed by atoms with van der Waals surface area (Å²) < 4.78 is 41.4. The largest absolute Gasteiger partial charge is 0.416 e. The topological polar surface area (TPSA) is 25.2 Å². The monoisotopic (exact) mass is 392 g/mol. The molecule has 3 aromatic rings. The Morgan fingerprint density at radius 1 is 1.11 bits per heavy atom. The molecule has 142 valence electrons. The third-order valence-corrected chi connectivity index (χ3v) is 5.93. The molecule has 0 bridgehead atoms. The highest BCUT2D eigenvalue weighted by Crippen LogP contribution is 2.32. The zero-order valence-corrected chi connectivity index (χ0v) is 15.7. The van der Waals surface area contributed by atoms with Gasteiger partial charge in [0.1, 0.15) is 5.69 Å². The molecule has 4 rings (SSSR count). The first-order valence-corrected chi connectivity index (χ1v) is 9.69. The number of rotatable bonds is 3. The molecule has 0 N–H and O–H groups in total. The van der Waals surface area contributed by atoms with Crippen LogP contribution >= 0.6 is 11.3 Å². The highest BCUT2D eigenvalue weighted by Gasteiger charge is 2.30. The van der Waals surface area contributed by atoms with E-state index in [1.165, 1.54) is 12.1 Å². The second-order valence-corrected chi connectivity index (χ2v) is 8.20. The van der Waals surface area contributed by atoms with Gasteiger partial charge in [-0.05, 0) is 49.6 Å². The van der Waals surface area contributed by atoms with Crippen LogP contribution in [0, 0.1) is 6.92 Å². The van der Waals surface area contributed by atoms with Crippen molar-refractivity contribution in [3.05, 3.63) is 58.1 Å². The minimum atomic E-state index is -4.35. The molecule has 7 heteroatoms. The van der Waals surface area contributed by atoms with Crippen molar-refractivity contribution < 1.29 is 18.0 Å². The van der Waals surface area contributed by atoms with Crippen LogP contribution < -0.4 is 0 Å². The average molecular weight is 392 g/mol. The third kappa shape index (κ3) is 3.48. The van der Waals surface area contributed by atoms with Crippen molar-refractivity contribution in [2.45, 2.75) is 32.5 Å². The number of hydrogen-bond acceptors (Lipinski definition) is 2. The number of nitrogens with zero attached hydrogens (tertiary/aromatic N) is 2. The summed E-state index contributed by atoms with van der Waals surface area (Å²) in [7, 11) is 0. The molecule has 1 fully saturated rings. The van der Waals surface area contributed by atoms with Crippen molar-refractivity contribution in [3.8, 4) is 0 Å². The first-order valence-electron chi connectivity index (χ1n) is 8.88. The first kappa shape index (κ1) is 18.1. The predicted molar refractivity (Wildman–Crippen MR) is 100 cm³/mol. The zero-order chi connectivity index (χ0) is 19.2. The molecule has 1 aliphatic rings. The van der Waals surface area contributed by atoms with Crippen LogP contribution in [-0.2, 0) is 12.7 Å². The van der Waals surface area contributed by atoms with E-state index in [0.717, 1.165) is 58.7 Å². The summed E-state index contributed by atoms with van der Waals surface area (Å²) >= 11 is 1.62. The van der Waals surface area contributed by atoms with E-state index in [1.54, 1.807) is 11.3 Å². The minimum Gasteiger partial charge on any atom is -0.337 e. The van der Waals surface area contributed by atoms with Crippen LogP contribution in [0.4, 0.5) is 13.2 Å². The number of benzene rings is 1. The van der Waals surface area contributed by atoms with E-state index in [-0.39, 0.29) is 5.91 Å². The minimum absolute atomic E-state index is 0.000430. The lowest BCUT2D eigenvalue weighted by Crippen LogP contribution is -2.29. The van der Waals surface area contributed by atoms with Crippen LogP contribution in [0.2, 0.25) is 0 Å². The quantitative estimate of drug-likeness (QED) is 0.593. The second kappa shape index (κ2) is 6.71. The molecule has 0 unspecified atom stereocenters. The average Bonchev–Trinajstić information content (AvgIpc) is 3.32. The van der Waals surface area contributed by atoms with E-state index >= 15 is 0 Å². The number of carbonyl (C=O) groups excluding carboxylic acids is 1. The van der Waals surface area contributed by atoms with Gasteiger partial charge in [0, 0.05) is 24.5 Å². The summed E-state index contributed by atoms with van der Waals surface area (Å²) in [4.78, 5) is 16.0. The van der Waals surface area contributed by atoms with Crippen molar-refractivity contribution in [3.63, 3.8) is 0 Å². The fourth-order valence-corrected chi connectivity index (χ4v) is 4.54. The number of alkyl halides is 3. The first-order chi connectivity index (χ1) is 12.8. The summed E-state index contributed by atoms with van der Waals surface area (Å²) in [5.74, 6) is 0.000430. The Balaban J connectivity index is 1.70. The number of halogens is 3. The van der Waals surface area contributed by atoms with Crippen LogP contribution in [0.1, 0.15) is 39.3 Å². The Labute approximate surface area is 159 Å². The van der Waals surface area contributed by atoms with Gasteiger partial charge in [0.2, 0.25) is 0 Å². The zero-order valence-electron chi connectivity index (χ0n) is 14.8. The number of hydrogen-bond donors (Lipinski definition) is 0. The number of thiophene rings is 1. The Morgan fingerprint density at radius 2 is 1.78 bits per heavy atom. The molecule has 0 atom stereocenters. The van der Waals surface area contributed by atoms with E-state index in [4.69, 9.17) is 0 Å². The Hall–Kier alpha value is -2.28. The van der Waals surface area contributed by atoms with Crippen LogP contribution in [-0.4, -0.2) is 28.5 Å². The van der Waals surface area contributed by atoms with Gasteiger partial charge in [0.15, 0.2) is 0 Å². The van der Waals surface area contributed by atoms with Crippen molar-refractivity contribution in [1.29, 1.82) is 0 Å². The molecule has 0 spiro atoms. The molecule has 1 saturated heterocycles. The van der Waals surface area contributed by atoms with Gasteiger partial charge in [-0.1, -0.05) is 12.1 Å². The van der Waals surface area contributed by atoms with Crippen LogP contribution in [0.15, 0.2) is 36.4 Å². The van der Waals surface area contributed by atoms with Gasteiger partial charge >= 0.3 is 6.18 Å². The van der Waals surface area contributed by atoms with E-state index in [1.807, 2.05) is 28.5 Å². The Bertz CT molecular complexity index is 979. The number of amides is 1. The molecule has 0 aliphatic carbocycles. The maximum absolute atomic E-state index is 13.0. The SMILES string of the molecule is Cc1cc2c(cc(C(=O)N3CCCC3)n2Cc2ccc(C(F)(F)F)cc2)s1. The molecule has 2 aromatic heterocycles. The lowest BCUT2D eigenvalue weighted by Gasteiger charge is -2.17. The highest BCUT2D eigenvalue weighted by atomic mass is 32.1.